The maximum atomic E-state index is 13.1. The fraction of sp³-hybridized carbons (Fsp3) is 0.720. The average Bonchev–Trinajstić information content (AvgIpc) is 2.97. The van der Waals surface area contributed by atoms with E-state index in [-0.39, 0.29) is 17.6 Å². The Kier molecular flexibility index (Phi) is 6.48. The molecule has 1 spiro atoms. The van der Waals surface area contributed by atoms with Gasteiger partial charge in [0, 0.05) is 24.8 Å². The number of rotatable bonds is 2. The number of carbonyl (C=O) groups excluding carboxylic acids is 1. The highest BCUT2D eigenvalue weighted by atomic mass is 16.2. The third-order valence-corrected chi connectivity index (χ3v) is 7.64. The number of hydrogen-bond acceptors (Lipinski definition) is 3. The molecule has 0 unspecified atom stereocenters. The molecule has 2 saturated heterocycles. The zero-order valence-electron chi connectivity index (χ0n) is 18.5. The number of amides is 1. The van der Waals surface area contributed by atoms with Crippen LogP contribution in [0.15, 0.2) is 24.3 Å². The molecule has 3 aliphatic rings. The summed E-state index contributed by atoms with van der Waals surface area (Å²) < 4.78 is 0. The molecule has 0 bridgehead atoms. The minimum Gasteiger partial charge on any atom is -0.337 e. The summed E-state index contributed by atoms with van der Waals surface area (Å²) in [7, 11) is 0. The molecular formula is C25H39N3O. The second-order valence-electron chi connectivity index (χ2n) is 9.63. The Hall–Kier alpha value is -1.55. The van der Waals surface area contributed by atoms with E-state index in [0.29, 0.717) is 0 Å². The molecule has 1 aliphatic carbocycles. The lowest BCUT2D eigenvalue weighted by Crippen LogP contribution is -2.58. The molecule has 4 heteroatoms. The molecule has 3 fully saturated rings. The highest BCUT2D eigenvalue weighted by molar-refractivity contribution is 5.94. The first-order valence-electron chi connectivity index (χ1n) is 12.0. The molecule has 1 aromatic rings. The number of aryl methyl sites for hydroxylation is 1. The highest BCUT2D eigenvalue weighted by Crippen LogP contribution is 2.39. The Morgan fingerprint density at radius 3 is 2.03 bits per heavy atom. The Balaban J connectivity index is 1.46. The van der Waals surface area contributed by atoms with Crippen LogP contribution in [0.3, 0.4) is 0 Å². The van der Waals surface area contributed by atoms with Crippen LogP contribution in [0.2, 0.25) is 0 Å². The van der Waals surface area contributed by atoms with Gasteiger partial charge in [-0.25, -0.2) is 0 Å². The molecule has 1 aromatic carbocycles. The molecule has 0 aromatic heterocycles. The van der Waals surface area contributed by atoms with Crippen molar-refractivity contribution in [3.8, 4) is 0 Å². The van der Waals surface area contributed by atoms with Gasteiger partial charge in [0.1, 0.15) is 5.54 Å². The quantitative estimate of drug-likeness (QED) is 0.762. The highest BCUT2D eigenvalue weighted by Gasteiger charge is 2.53. The lowest BCUT2D eigenvalue weighted by molar-refractivity contribution is -0.125. The molecule has 2 aliphatic heterocycles. The molecule has 0 radical (unpaired) electrons. The van der Waals surface area contributed by atoms with Gasteiger partial charge >= 0.3 is 0 Å². The fourth-order valence-electron chi connectivity index (χ4n) is 5.93. The van der Waals surface area contributed by atoms with Crippen LogP contribution in [0.25, 0.3) is 0 Å². The number of likely N-dealkylation sites (tertiary alicyclic amines) is 1. The molecule has 1 saturated carbocycles. The monoisotopic (exact) mass is 397 g/mol. The van der Waals surface area contributed by atoms with Crippen LogP contribution in [0, 0.1) is 6.92 Å². The van der Waals surface area contributed by atoms with Gasteiger partial charge in [-0.1, -0.05) is 62.6 Å². The van der Waals surface area contributed by atoms with E-state index in [1.807, 2.05) is 0 Å². The Bertz CT molecular complexity index is 668. The molecule has 1 atom stereocenters. The Morgan fingerprint density at radius 2 is 1.45 bits per heavy atom. The van der Waals surface area contributed by atoms with E-state index in [1.165, 1.54) is 69.0 Å². The molecule has 1 N–H and O–H groups in total. The van der Waals surface area contributed by atoms with Crippen LogP contribution < -0.4 is 10.2 Å². The molecule has 4 nitrogen and oxygen atoms in total. The molecule has 1 amide bonds. The number of piperidine rings is 1. The molecule has 29 heavy (non-hydrogen) atoms. The summed E-state index contributed by atoms with van der Waals surface area (Å²) in [6.07, 6.45) is 14.4. The van der Waals surface area contributed by atoms with Gasteiger partial charge in [0.15, 0.2) is 0 Å². The van der Waals surface area contributed by atoms with Crippen LogP contribution in [0.5, 0.6) is 0 Å². The van der Waals surface area contributed by atoms with Crippen molar-refractivity contribution in [3.63, 3.8) is 0 Å². The smallest absolute Gasteiger partial charge is 0.247 e. The first-order valence-corrected chi connectivity index (χ1v) is 12.0. The van der Waals surface area contributed by atoms with Crippen molar-refractivity contribution in [2.75, 3.05) is 18.0 Å². The summed E-state index contributed by atoms with van der Waals surface area (Å²) in [6.45, 7) is 6.34. The third-order valence-electron chi connectivity index (χ3n) is 7.64. The number of nitrogens with zero attached hydrogens (tertiary/aromatic N) is 2. The molecule has 4 rings (SSSR count). The lowest BCUT2D eigenvalue weighted by Gasteiger charge is -2.46. The Morgan fingerprint density at radius 1 is 0.897 bits per heavy atom. The first kappa shape index (κ1) is 20.7. The van der Waals surface area contributed by atoms with Crippen LogP contribution in [0.4, 0.5) is 5.69 Å². The number of benzene rings is 1. The predicted octanol–water partition coefficient (Wildman–Crippen LogP) is 5.00. The summed E-state index contributed by atoms with van der Waals surface area (Å²) in [6, 6.07) is 9.41. The van der Waals surface area contributed by atoms with Crippen LogP contribution in [-0.2, 0) is 4.79 Å². The average molecular weight is 398 g/mol. The minimum absolute atomic E-state index is 0.0606. The van der Waals surface area contributed by atoms with E-state index in [9.17, 15) is 4.79 Å². The van der Waals surface area contributed by atoms with Crippen LogP contribution >= 0.6 is 0 Å². The second kappa shape index (κ2) is 9.07. The number of anilines is 1. The SMILES string of the molecule is Cc1ccc(N2[C@H](C)NC(=O)C23CCN(C2CCCCCCCCC2)CC3)cc1. The van der Waals surface area contributed by atoms with E-state index in [0.717, 1.165) is 32.0 Å². The number of carbonyl (C=O) groups is 1. The first-order chi connectivity index (χ1) is 14.1. The van der Waals surface area contributed by atoms with E-state index in [4.69, 9.17) is 0 Å². The maximum absolute atomic E-state index is 13.1. The minimum atomic E-state index is -0.374. The fourth-order valence-corrected chi connectivity index (χ4v) is 5.93. The summed E-state index contributed by atoms with van der Waals surface area (Å²) in [5.41, 5.74) is 2.06. The van der Waals surface area contributed by atoms with E-state index in [2.05, 4.69) is 53.2 Å². The zero-order chi connectivity index (χ0) is 20.3. The van der Waals surface area contributed by atoms with Crippen molar-refractivity contribution in [1.29, 1.82) is 0 Å². The second-order valence-corrected chi connectivity index (χ2v) is 9.63. The largest absolute Gasteiger partial charge is 0.337 e. The van der Waals surface area contributed by atoms with Gasteiger partial charge in [-0.2, -0.15) is 0 Å². The van der Waals surface area contributed by atoms with Crippen molar-refractivity contribution in [2.24, 2.45) is 0 Å². The van der Waals surface area contributed by atoms with Crippen molar-refractivity contribution < 1.29 is 4.79 Å². The van der Waals surface area contributed by atoms with Crippen molar-refractivity contribution in [3.05, 3.63) is 29.8 Å². The molecule has 160 valence electrons. The topological polar surface area (TPSA) is 35.6 Å². The number of nitrogens with one attached hydrogen (secondary N) is 1. The number of hydrogen-bond donors (Lipinski definition) is 1. The maximum Gasteiger partial charge on any atom is 0.247 e. The third kappa shape index (κ3) is 4.33. The van der Waals surface area contributed by atoms with Crippen molar-refractivity contribution in [1.82, 2.24) is 10.2 Å². The van der Waals surface area contributed by atoms with Gasteiger partial charge in [-0.3, -0.25) is 4.79 Å². The van der Waals surface area contributed by atoms with E-state index < -0.39 is 0 Å². The lowest BCUT2D eigenvalue weighted by atomic mass is 9.84. The summed E-state index contributed by atoms with van der Waals surface area (Å²) >= 11 is 0. The standard InChI is InChI=1S/C25H39N3O/c1-20-12-14-23(15-13-20)28-21(2)26-24(29)25(28)16-18-27(19-17-25)22-10-8-6-4-3-5-7-9-11-22/h12-15,21-22H,3-11,16-19H2,1-2H3,(H,26,29)/t21-/m1/s1. The van der Waals surface area contributed by atoms with Gasteiger partial charge < -0.3 is 15.1 Å². The predicted molar refractivity (Wildman–Crippen MR) is 120 cm³/mol. The van der Waals surface area contributed by atoms with Gasteiger partial charge in [0.2, 0.25) is 5.91 Å². The summed E-state index contributed by atoms with van der Waals surface area (Å²) in [5, 5.41) is 3.24. The molecule has 2 heterocycles. The van der Waals surface area contributed by atoms with Gasteiger partial charge in [0.25, 0.3) is 0 Å². The normalized spacial score (nSPS) is 27.2. The van der Waals surface area contributed by atoms with Gasteiger partial charge in [-0.15, -0.1) is 0 Å². The van der Waals surface area contributed by atoms with Crippen molar-refractivity contribution in [2.45, 2.75) is 102 Å². The van der Waals surface area contributed by atoms with E-state index >= 15 is 0 Å². The summed E-state index contributed by atoms with van der Waals surface area (Å²) in [4.78, 5) is 18.2. The van der Waals surface area contributed by atoms with E-state index in [1.54, 1.807) is 0 Å². The van der Waals surface area contributed by atoms with Crippen LogP contribution in [-0.4, -0.2) is 41.6 Å². The summed E-state index contributed by atoms with van der Waals surface area (Å²) in [5.74, 6) is 0.233. The zero-order valence-corrected chi connectivity index (χ0v) is 18.5. The molecular weight excluding hydrogens is 358 g/mol. The van der Waals surface area contributed by atoms with Gasteiger partial charge in [-0.05, 0) is 51.7 Å². The van der Waals surface area contributed by atoms with Crippen LogP contribution in [0.1, 0.15) is 83.1 Å². The Labute approximate surface area is 177 Å². The van der Waals surface area contributed by atoms with Crippen molar-refractivity contribution >= 4 is 11.6 Å². The van der Waals surface area contributed by atoms with Gasteiger partial charge in [0.05, 0.1) is 6.17 Å².